The number of sulfonamides is 1. The van der Waals surface area contributed by atoms with E-state index in [-0.39, 0.29) is 27.4 Å². The number of nitrogens with zero attached hydrogens (tertiary/aromatic N) is 3. The number of piperazine rings is 1. The Labute approximate surface area is 188 Å². The number of thiazole rings is 1. The van der Waals surface area contributed by atoms with Crippen molar-refractivity contribution < 1.29 is 13.2 Å². The van der Waals surface area contributed by atoms with Gasteiger partial charge >= 0.3 is 0 Å². The van der Waals surface area contributed by atoms with Gasteiger partial charge in [0.05, 0.1) is 21.8 Å². The molecule has 0 aliphatic carbocycles. The van der Waals surface area contributed by atoms with Crippen LogP contribution in [0.15, 0.2) is 47.4 Å². The average Bonchev–Trinajstić information content (AvgIpc) is 3.18. The molecule has 1 N–H and O–H groups in total. The van der Waals surface area contributed by atoms with Gasteiger partial charge in [-0.2, -0.15) is 0 Å². The molecule has 1 aliphatic rings. The van der Waals surface area contributed by atoms with Gasteiger partial charge in [0, 0.05) is 31.2 Å². The van der Waals surface area contributed by atoms with E-state index in [9.17, 15) is 13.2 Å². The number of halogens is 2. The number of para-hydroxylation sites is 1. The average molecular weight is 485 g/mol. The van der Waals surface area contributed by atoms with E-state index >= 15 is 0 Å². The van der Waals surface area contributed by atoms with Crippen LogP contribution in [-0.2, 0) is 14.8 Å². The highest BCUT2D eigenvalue weighted by atomic mass is 35.5. The van der Waals surface area contributed by atoms with Crippen LogP contribution < -0.4 is 9.62 Å². The van der Waals surface area contributed by atoms with Crippen LogP contribution in [0.4, 0.5) is 5.13 Å². The van der Waals surface area contributed by atoms with E-state index < -0.39 is 10.0 Å². The van der Waals surface area contributed by atoms with Gasteiger partial charge in [-0.1, -0.05) is 46.7 Å². The minimum Gasteiger partial charge on any atom is -0.345 e. The van der Waals surface area contributed by atoms with Crippen LogP contribution in [0.2, 0.25) is 10.0 Å². The first-order valence-corrected chi connectivity index (χ1v) is 12.2. The molecule has 1 aromatic heterocycles. The van der Waals surface area contributed by atoms with E-state index in [2.05, 4.69) is 14.6 Å². The molecule has 2 aromatic carbocycles. The number of anilines is 1. The van der Waals surface area contributed by atoms with Gasteiger partial charge in [0.1, 0.15) is 4.90 Å². The Morgan fingerprint density at radius 1 is 1.10 bits per heavy atom. The Balaban J connectivity index is 1.34. The summed E-state index contributed by atoms with van der Waals surface area (Å²) >= 11 is 13.5. The zero-order valence-electron chi connectivity index (χ0n) is 15.7. The van der Waals surface area contributed by atoms with E-state index in [0.29, 0.717) is 26.2 Å². The summed E-state index contributed by atoms with van der Waals surface area (Å²) in [4.78, 5) is 20.8. The van der Waals surface area contributed by atoms with Crippen LogP contribution in [-0.4, -0.2) is 56.9 Å². The smallest absolute Gasteiger partial charge is 0.242 e. The van der Waals surface area contributed by atoms with Gasteiger partial charge in [0.15, 0.2) is 5.13 Å². The SMILES string of the molecule is O=C(CNS(=O)(=O)c1cc(Cl)ccc1Cl)N1CCN(c2nc3ccccc3s2)CC1. The third kappa shape index (κ3) is 4.55. The van der Waals surface area contributed by atoms with Crippen molar-refractivity contribution in [1.82, 2.24) is 14.6 Å². The summed E-state index contributed by atoms with van der Waals surface area (Å²) in [5.74, 6) is -0.291. The van der Waals surface area contributed by atoms with Gasteiger partial charge in [-0.25, -0.2) is 18.1 Å². The minimum atomic E-state index is -3.95. The summed E-state index contributed by atoms with van der Waals surface area (Å²) in [5, 5.41) is 1.22. The molecule has 30 heavy (non-hydrogen) atoms. The molecule has 158 valence electrons. The molecular formula is C19H18Cl2N4O3S2. The van der Waals surface area contributed by atoms with Gasteiger partial charge in [0.2, 0.25) is 15.9 Å². The van der Waals surface area contributed by atoms with Crippen LogP contribution in [0.1, 0.15) is 0 Å². The van der Waals surface area contributed by atoms with Crippen LogP contribution in [0.25, 0.3) is 10.2 Å². The number of carbonyl (C=O) groups excluding carboxylic acids is 1. The molecule has 7 nitrogen and oxygen atoms in total. The lowest BCUT2D eigenvalue weighted by Crippen LogP contribution is -2.51. The molecule has 0 bridgehead atoms. The molecule has 1 amide bonds. The van der Waals surface area contributed by atoms with Crippen molar-refractivity contribution >= 4 is 65.8 Å². The lowest BCUT2D eigenvalue weighted by atomic mass is 10.3. The first kappa shape index (κ1) is 21.3. The van der Waals surface area contributed by atoms with E-state index in [4.69, 9.17) is 23.2 Å². The molecule has 3 aromatic rings. The van der Waals surface area contributed by atoms with Crippen molar-refractivity contribution in [3.63, 3.8) is 0 Å². The summed E-state index contributed by atoms with van der Waals surface area (Å²) in [6, 6.07) is 12.1. The Morgan fingerprint density at radius 3 is 2.57 bits per heavy atom. The maximum atomic E-state index is 12.5. The molecule has 11 heteroatoms. The summed E-state index contributed by atoms with van der Waals surface area (Å²) in [6.45, 7) is 1.92. The Hall–Kier alpha value is -1.91. The Morgan fingerprint density at radius 2 is 1.83 bits per heavy atom. The molecule has 1 aliphatic heterocycles. The summed E-state index contributed by atoms with van der Waals surface area (Å²) in [5.41, 5.74) is 0.963. The molecule has 1 fully saturated rings. The molecule has 0 unspecified atom stereocenters. The molecule has 4 rings (SSSR count). The summed E-state index contributed by atoms with van der Waals surface area (Å²) < 4.78 is 28.4. The van der Waals surface area contributed by atoms with Crippen LogP contribution in [0.3, 0.4) is 0 Å². The van der Waals surface area contributed by atoms with Crippen molar-refractivity contribution in [3.05, 3.63) is 52.5 Å². The predicted molar refractivity (Wildman–Crippen MR) is 120 cm³/mol. The first-order chi connectivity index (χ1) is 14.3. The van der Waals surface area contributed by atoms with Crippen molar-refractivity contribution in [2.75, 3.05) is 37.6 Å². The second-order valence-electron chi connectivity index (χ2n) is 6.73. The molecule has 0 saturated carbocycles. The monoisotopic (exact) mass is 484 g/mol. The van der Waals surface area contributed by atoms with Gasteiger partial charge < -0.3 is 9.80 Å². The molecule has 2 heterocycles. The number of nitrogens with one attached hydrogen (secondary N) is 1. The Kier molecular flexibility index (Phi) is 6.17. The third-order valence-corrected chi connectivity index (χ3v) is 8.00. The number of aromatic nitrogens is 1. The van der Waals surface area contributed by atoms with Crippen LogP contribution >= 0.6 is 34.5 Å². The highest BCUT2D eigenvalue weighted by Crippen LogP contribution is 2.29. The van der Waals surface area contributed by atoms with Gasteiger partial charge in [0.25, 0.3) is 0 Å². The number of hydrogen-bond acceptors (Lipinski definition) is 6. The number of amides is 1. The van der Waals surface area contributed by atoms with E-state index in [1.54, 1.807) is 16.2 Å². The zero-order chi connectivity index (χ0) is 21.3. The maximum absolute atomic E-state index is 12.5. The maximum Gasteiger partial charge on any atom is 0.242 e. The number of benzene rings is 2. The lowest BCUT2D eigenvalue weighted by molar-refractivity contribution is -0.130. The predicted octanol–water partition coefficient (Wildman–Crippen LogP) is 3.23. The summed E-state index contributed by atoms with van der Waals surface area (Å²) in [6.07, 6.45) is 0. The lowest BCUT2D eigenvalue weighted by Gasteiger charge is -2.34. The second-order valence-corrected chi connectivity index (χ2v) is 10.3. The summed E-state index contributed by atoms with van der Waals surface area (Å²) in [7, 11) is -3.95. The van der Waals surface area contributed by atoms with Gasteiger partial charge in [-0.3, -0.25) is 4.79 Å². The highest BCUT2D eigenvalue weighted by molar-refractivity contribution is 7.89. The van der Waals surface area contributed by atoms with Crippen molar-refractivity contribution in [2.45, 2.75) is 4.90 Å². The number of carbonyl (C=O) groups is 1. The normalized spacial score (nSPS) is 15.0. The zero-order valence-corrected chi connectivity index (χ0v) is 18.9. The second kappa shape index (κ2) is 8.68. The number of fused-ring (bicyclic) bond motifs is 1. The molecule has 0 atom stereocenters. The van der Waals surface area contributed by atoms with Crippen molar-refractivity contribution in [2.24, 2.45) is 0 Å². The molecule has 1 saturated heterocycles. The minimum absolute atomic E-state index is 0.0452. The third-order valence-electron chi connectivity index (χ3n) is 4.78. The fourth-order valence-corrected chi connectivity index (χ4v) is 5.92. The number of hydrogen-bond donors (Lipinski definition) is 1. The fraction of sp³-hybridized carbons (Fsp3) is 0.263. The topological polar surface area (TPSA) is 82.6 Å². The number of rotatable bonds is 5. The largest absolute Gasteiger partial charge is 0.345 e. The Bertz CT molecular complexity index is 1160. The van der Waals surface area contributed by atoms with Gasteiger partial charge in [-0.05, 0) is 30.3 Å². The molecule has 0 spiro atoms. The van der Waals surface area contributed by atoms with Crippen LogP contribution in [0.5, 0.6) is 0 Å². The molecule has 0 radical (unpaired) electrons. The van der Waals surface area contributed by atoms with Crippen molar-refractivity contribution in [3.8, 4) is 0 Å². The first-order valence-electron chi connectivity index (χ1n) is 9.16. The fourth-order valence-electron chi connectivity index (χ4n) is 3.17. The van der Waals surface area contributed by atoms with E-state index in [1.165, 1.54) is 18.2 Å². The van der Waals surface area contributed by atoms with Gasteiger partial charge in [-0.15, -0.1) is 0 Å². The van der Waals surface area contributed by atoms with E-state index in [0.717, 1.165) is 15.3 Å². The van der Waals surface area contributed by atoms with Crippen LogP contribution in [0, 0.1) is 0 Å². The quantitative estimate of drug-likeness (QED) is 0.600. The highest BCUT2D eigenvalue weighted by Gasteiger charge is 2.25. The molecular weight excluding hydrogens is 467 g/mol. The standard InChI is InChI=1S/C19H18Cl2N4O3S2/c20-13-5-6-14(21)17(11-13)30(27,28)22-12-18(26)24-7-9-25(10-8-24)19-23-15-3-1-2-4-16(15)29-19/h1-6,11,22H,7-10,12H2. The van der Waals surface area contributed by atoms with E-state index in [1.807, 2.05) is 24.3 Å². The van der Waals surface area contributed by atoms with Crippen molar-refractivity contribution in [1.29, 1.82) is 0 Å².